The SMILES string of the molecule is CC1CC1C(Nc1ccc(S(=O)(=O)N2CCOCC2)cc1[N+](=O)[O-])c1ccccc1. The number of morpholine rings is 1. The highest BCUT2D eigenvalue weighted by atomic mass is 32.2. The van der Waals surface area contributed by atoms with Gasteiger partial charge in [-0.05, 0) is 36.0 Å². The third-order valence-electron chi connectivity index (χ3n) is 5.84. The Bertz CT molecular complexity index is 1020. The van der Waals surface area contributed by atoms with Crippen molar-refractivity contribution in [2.45, 2.75) is 24.3 Å². The maximum Gasteiger partial charge on any atom is 0.293 e. The van der Waals surface area contributed by atoms with Crippen molar-refractivity contribution in [3.63, 3.8) is 0 Å². The molecule has 0 bridgehead atoms. The van der Waals surface area contributed by atoms with E-state index >= 15 is 0 Å². The zero-order valence-electron chi connectivity index (χ0n) is 16.7. The van der Waals surface area contributed by atoms with Gasteiger partial charge in [0, 0.05) is 19.2 Å². The van der Waals surface area contributed by atoms with Crippen molar-refractivity contribution in [3.8, 4) is 0 Å². The molecule has 2 aromatic carbocycles. The van der Waals surface area contributed by atoms with E-state index in [9.17, 15) is 18.5 Å². The molecule has 3 atom stereocenters. The number of nitrogens with zero attached hydrogens (tertiary/aromatic N) is 2. The Hall–Kier alpha value is -2.49. The summed E-state index contributed by atoms with van der Waals surface area (Å²) in [5, 5.41) is 15.1. The third kappa shape index (κ3) is 4.19. The van der Waals surface area contributed by atoms with Gasteiger partial charge in [-0.1, -0.05) is 37.3 Å². The molecule has 8 nitrogen and oxygen atoms in total. The van der Waals surface area contributed by atoms with Gasteiger partial charge in [-0.25, -0.2) is 8.42 Å². The molecule has 1 saturated carbocycles. The summed E-state index contributed by atoms with van der Waals surface area (Å²) in [7, 11) is -3.81. The Morgan fingerprint density at radius 1 is 1.17 bits per heavy atom. The molecular weight excluding hydrogens is 406 g/mol. The fourth-order valence-corrected chi connectivity index (χ4v) is 5.39. The van der Waals surface area contributed by atoms with E-state index in [1.54, 1.807) is 0 Å². The van der Waals surface area contributed by atoms with Crippen LogP contribution >= 0.6 is 0 Å². The van der Waals surface area contributed by atoms with Crippen LogP contribution in [-0.2, 0) is 14.8 Å². The molecule has 1 heterocycles. The predicted octanol–water partition coefficient (Wildman–Crippen LogP) is 3.42. The second kappa shape index (κ2) is 8.33. The molecule has 2 aliphatic rings. The summed E-state index contributed by atoms with van der Waals surface area (Å²) in [6.07, 6.45) is 1.05. The first kappa shape index (κ1) is 20.8. The van der Waals surface area contributed by atoms with Crippen LogP contribution in [0.4, 0.5) is 11.4 Å². The summed E-state index contributed by atoms with van der Waals surface area (Å²) in [4.78, 5) is 11.2. The van der Waals surface area contributed by atoms with Crippen LogP contribution in [0.15, 0.2) is 53.4 Å². The van der Waals surface area contributed by atoms with Crippen LogP contribution in [0, 0.1) is 22.0 Å². The van der Waals surface area contributed by atoms with Crippen LogP contribution in [-0.4, -0.2) is 43.9 Å². The molecule has 0 spiro atoms. The van der Waals surface area contributed by atoms with Gasteiger partial charge in [0.05, 0.1) is 29.1 Å². The molecule has 30 heavy (non-hydrogen) atoms. The van der Waals surface area contributed by atoms with Crippen LogP contribution < -0.4 is 5.32 Å². The van der Waals surface area contributed by atoms with Crippen LogP contribution in [0.2, 0.25) is 0 Å². The summed E-state index contributed by atoms with van der Waals surface area (Å²) >= 11 is 0. The Kier molecular flexibility index (Phi) is 5.77. The Labute approximate surface area is 176 Å². The molecule has 160 valence electrons. The maximum atomic E-state index is 12.9. The van der Waals surface area contributed by atoms with Gasteiger partial charge in [0.15, 0.2) is 0 Å². The summed E-state index contributed by atoms with van der Waals surface area (Å²) in [6, 6.07) is 13.9. The van der Waals surface area contributed by atoms with Crippen molar-refractivity contribution in [1.82, 2.24) is 4.31 Å². The molecule has 9 heteroatoms. The number of ether oxygens (including phenoxy) is 1. The minimum Gasteiger partial charge on any atom is -0.379 e. The molecule has 0 aromatic heterocycles. The van der Waals surface area contributed by atoms with Crippen molar-refractivity contribution in [1.29, 1.82) is 0 Å². The van der Waals surface area contributed by atoms with Crippen LogP contribution in [0.5, 0.6) is 0 Å². The zero-order valence-corrected chi connectivity index (χ0v) is 17.5. The second-order valence-corrected chi connectivity index (χ2v) is 9.80. The van der Waals surface area contributed by atoms with Gasteiger partial charge >= 0.3 is 0 Å². The van der Waals surface area contributed by atoms with Crippen molar-refractivity contribution >= 4 is 21.4 Å². The highest BCUT2D eigenvalue weighted by Crippen LogP contribution is 2.49. The smallest absolute Gasteiger partial charge is 0.293 e. The third-order valence-corrected chi connectivity index (χ3v) is 7.74. The quantitative estimate of drug-likeness (QED) is 0.532. The Balaban J connectivity index is 1.66. The summed E-state index contributed by atoms with van der Waals surface area (Å²) in [5.41, 5.74) is 1.15. The predicted molar refractivity (Wildman–Crippen MR) is 113 cm³/mol. The van der Waals surface area contributed by atoms with E-state index in [1.165, 1.54) is 16.4 Å². The molecule has 1 aliphatic carbocycles. The van der Waals surface area contributed by atoms with E-state index in [2.05, 4.69) is 12.2 Å². The molecule has 0 radical (unpaired) electrons. The highest BCUT2D eigenvalue weighted by molar-refractivity contribution is 7.89. The van der Waals surface area contributed by atoms with Crippen molar-refractivity contribution in [2.24, 2.45) is 11.8 Å². The molecule has 4 rings (SSSR count). The number of anilines is 1. The van der Waals surface area contributed by atoms with E-state index in [-0.39, 0.29) is 29.7 Å². The monoisotopic (exact) mass is 431 g/mol. The molecule has 0 amide bonds. The molecule has 1 aliphatic heterocycles. The van der Waals surface area contributed by atoms with Gasteiger partial charge in [0.25, 0.3) is 5.69 Å². The maximum absolute atomic E-state index is 12.9. The average molecular weight is 432 g/mol. The molecule has 3 unspecified atom stereocenters. The van der Waals surface area contributed by atoms with E-state index in [0.717, 1.165) is 18.1 Å². The number of nitro benzene ring substituents is 1. The van der Waals surface area contributed by atoms with E-state index in [0.29, 0.717) is 30.7 Å². The number of hydrogen-bond acceptors (Lipinski definition) is 6. The van der Waals surface area contributed by atoms with Gasteiger partial charge in [-0.15, -0.1) is 0 Å². The van der Waals surface area contributed by atoms with E-state index in [4.69, 9.17) is 4.74 Å². The second-order valence-electron chi connectivity index (χ2n) is 7.86. The van der Waals surface area contributed by atoms with Crippen LogP contribution in [0.1, 0.15) is 24.9 Å². The van der Waals surface area contributed by atoms with Crippen LogP contribution in [0.3, 0.4) is 0 Å². The number of sulfonamides is 1. The van der Waals surface area contributed by atoms with E-state index in [1.807, 2.05) is 30.3 Å². The Morgan fingerprint density at radius 3 is 2.43 bits per heavy atom. The van der Waals surface area contributed by atoms with Gasteiger partial charge in [-0.3, -0.25) is 10.1 Å². The van der Waals surface area contributed by atoms with Gasteiger partial charge in [0.2, 0.25) is 10.0 Å². The molecule has 1 N–H and O–H groups in total. The lowest BCUT2D eigenvalue weighted by atomic mass is 10.0. The lowest BCUT2D eigenvalue weighted by Gasteiger charge is -2.26. The number of hydrogen-bond donors (Lipinski definition) is 1. The van der Waals surface area contributed by atoms with Gasteiger partial charge in [0.1, 0.15) is 5.69 Å². The summed E-state index contributed by atoms with van der Waals surface area (Å²) < 4.78 is 32.3. The first-order valence-electron chi connectivity index (χ1n) is 10.1. The van der Waals surface area contributed by atoms with Crippen molar-refractivity contribution in [3.05, 3.63) is 64.2 Å². The van der Waals surface area contributed by atoms with Gasteiger partial charge < -0.3 is 10.1 Å². The lowest BCUT2D eigenvalue weighted by Crippen LogP contribution is -2.40. The summed E-state index contributed by atoms with van der Waals surface area (Å²) in [6.45, 7) is 3.28. The normalized spacial score (nSPS) is 23.0. The average Bonchev–Trinajstić information content (AvgIpc) is 3.49. The largest absolute Gasteiger partial charge is 0.379 e. The number of nitrogens with one attached hydrogen (secondary N) is 1. The van der Waals surface area contributed by atoms with E-state index < -0.39 is 14.9 Å². The summed E-state index contributed by atoms with van der Waals surface area (Å²) in [5.74, 6) is 0.909. The van der Waals surface area contributed by atoms with Crippen LogP contribution in [0.25, 0.3) is 0 Å². The molecular formula is C21H25N3O5S. The fraction of sp³-hybridized carbons (Fsp3) is 0.429. The molecule has 2 fully saturated rings. The number of benzene rings is 2. The standard InChI is InChI=1S/C21H25N3O5S/c1-15-13-18(15)21(16-5-3-2-4-6-16)22-19-8-7-17(14-20(19)24(25)26)30(27,28)23-9-11-29-12-10-23/h2-8,14-15,18,21-22H,9-13H2,1H3. The minimum absolute atomic E-state index is 0.0680. The number of rotatable bonds is 7. The first-order chi connectivity index (χ1) is 14.4. The minimum atomic E-state index is -3.81. The van der Waals surface area contributed by atoms with Crippen molar-refractivity contribution in [2.75, 3.05) is 31.6 Å². The zero-order chi connectivity index (χ0) is 21.3. The number of nitro groups is 1. The van der Waals surface area contributed by atoms with Gasteiger partial charge in [-0.2, -0.15) is 4.31 Å². The molecule has 1 saturated heterocycles. The lowest BCUT2D eigenvalue weighted by molar-refractivity contribution is -0.384. The fourth-order valence-electron chi connectivity index (χ4n) is 3.96. The topological polar surface area (TPSA) is 102 Å². The Morgan fingerprint density at radius 2 is 1.83 bits per heavy atom. The van der Waals surface area contributed by atoms with Crippen molar-refractivity contribution < 1.29 is 18.1 Å². The molecule has 2 aromatic rings. The highest BCUT2D eigenvalue weighted by Gasteiger charge is 2.41. The first-order valence-corrected chi connectivity index (χ1v) is 11.5.